The second-order valence-electron chi connectivity index (χ2n) is 3.15. The Bertz CT molecular complexity index is 106. The van der Waals surface area contributed by atoms with Crippen molar-refractivity contribution in [2.75, 3.05) is 0 Å². The third-order valence-electron chi connectivity index (χ3n) is 1.62. The van der Waals surface area contributed by atoms with Crippen molar-refractivity contribution in [3.05, 3.63) is 12.7 Å². The highest BCUT2D eigenvalue weighted by Gasteiger charge is 1.98. The van der Waals surface area contributed by atoms with Gasteiger partial charge in [-0.2, -0.15) is 0 Å². The lowest BCUT2D eigenvalue weighted by molar-refractivity contribution is -0.119. The largest absolute Gasteiger partial charge is 0.300 e. The minimum atomic E-state index is 0.448. The Labute approximate surface area is 83.2 Å². The fourth-order valence-electron chi connectivity index (χ4n) is 0.873. The van der Waals surface area contributed by atoms with E-state index in [0.717, 1.165) is 38.5 Å². The molecule has 0 aliphatic heterocycles. The molecule has 0 heterocycles. The van der Waals surface area contributed by atoms with Gasteiger partial charge in [0.1, 0.15) is 5.78 Å². The summed E-state index contributed by atoms with van der Waals surface area (Å²) in [5.74, 6) is 0.448. The number of allylic oxidation sites excluding steroid dienone is 1. The number of ketones is 1. The lowest BCUT2D eigenvalue weighted by Crippen LogP contribution is -1.96. The zero-order valence-corrected chi connectivity index (χ0v) is 9.44. The molecule has 0 aromatic rings. The van der Waals surface area contributed by atoms with Crippen molar-refractivity contribution in [2.24, 2.45) is 0 Å². The second kappa shape index (κ2) is 14.0. The average Bonchev–Trinajstić information content (AvgIpc) is 2.12. The molecule has 1 heteroatoms. The van der Waals surface area contributed by atoms with Crippen LogP contribution in [0.15, 0.2) is 12.7 Å². The average molecular weight is 184 g/mol. The smallest absolute Gasteiger partial charge is 0.132 e. The molecule has 0 aromatic heterocycles. The Hall–Kier alpha value is -0.590. The van der Waals surface area contributed by atoms with Gasteiger partial charge in [-0.1, -0.05) is 32.8 Å². The fraction of sp³-hybridized carbons (Fsp3) is 0.750. The van der Waals surface area contributed by atoms with Gasteiger partial charge in [-0.3, -0.25) is 4.79 Å². The van der Waals surface area contributed by atoms with Gasteiger partial charge >= 0.3 is 0 Å². The van der Waals surface area contributed by atoms with E-state index in [0.29, 0.717) is 5.78 Å². The minimum absolute atomic E-state index is 0.448. The zero-order valence-electron chi connectivity index (χ0n) is 9.44. The van der Waals surface area contributed by atoms with Crippen LogP contribution in [0.4, 0.5) is 0 Å². The molecule has 13 heavy (non-hydrogen) atoms. The molecule has 0 rings (SSSR count). The molecular formula is C12H24O. The first-order valence-corrected chi connectivity index (χ1v) is 5.31. The molecule has 1 nitrogen and oxygen atoms in total. The maximum absolute atomic E-state index is 11.0. The van der Waals surface area contributed by atoms with Crippen LogP contribution in [0.2, 0.25) is 0 Å². The van der Waals surface area contributed by atoms with Crippen molar-refractivity contribution < 1.29 is 4.79 Å². The van der Waals surface area contributed by atoms with Crippen LogP contribution in [-0.2, 0) is 4.79 Å². The molecule has 0 amide bonds. The van der Waals surface area contributed by atoms with E-state index in [9.17, 15) is 4.79 Å². The Morgan fingerprint density at radius 2 is 1.46 bits per heavy atom. The van der Waals surface area contributed by atoms with Crippen LogP contribution in [0.5, 0.6) is 0 Å². The molecule has 0 radical (unpaired) electrons. The Kier molecular flexibility index (Phi) is 16.0. The molecule has 0 N–H and O–H groups in total. The third kappa shape index (κ3) is 18.4. The number of carbonyl (C=O) groups excluding carboxylic acids is 1. The van der Waals surface area contributed by atoms with Crippen LogP contribution in [0, 0.1) is 0 Å². The van der Waals surface area contributed by atoms with Gasteiger partial charge < -0.3 is 0 Å². The maximum Gasteiger partial charge on any atom is 0.132 e. The highest BCUT2D eigenvalue weighted by atomic mass is 16.1. The third-order valence-corrected chi connectivity index (χ3v) is 1.62. The number of rotatable bonds is 6. The van der Waals surface area contributed by atoms with Crippen LogP contribution >= 0.6 is 0 Å². The molecule has 0 aliphatic rings. The fourth-order valence-corrected chi connectivity index (χ4v) is 0.873. The van der Waals surface area contributed by atoms with Crippen LogP contribution < -0.4 is 0 Å². The van der Waals surface area contributed by atoms with Crippen molar-refractivity contribution >= 4 is 5.78 Å². The van der Waals surface area contributed by atoms with Crippen LogP contribution in [0.3, 0.4) is 0 Å². The lowest BCUT2D eigenvalue weighted by Gasteiger charge is -1.96. The molecule has 78 valence electrons. The maximum atomic E-state index is 11.0. The van der Waals surface area contributed by atoms with E-state index in [4.69, 9.17) is 0 Å². The summed E-state index contributed by atoms with van der Waals surface area (Å²) >= 11 is 0. The highest BCUT2D eigenvalue weighted by molar-refractivity contribution is 5.78. The summed E-state index contributed by atoms with van der Waals surface area (Å²) in [4.78, 5) is 11.0. The van der Waals surface area contributed by atoms with E-state index in [1.807, 2.05) is 6.92 Å². The SMILES string of the molecule is C=CC.CCCCC(=O)CCCC. The van der Waals surface area contributed by atoms with E-state index in [-0.39, 0.29) is 0 Å². The normalized spacial score (nSPS) is 8.54. The zero-order chi connectivity index (χ0) is 10.5. The van der Waals surface area contributed by atoms with Gasteiger partial charge in [-0.05, 0) is 19.8 Å². The summed E-state index contributed by atoms with van der Waals surface area (Å²) in [6.45, 7) is 9.49. The summed E-state index contributed by atoms with van der Waals surface area (Å²) in [6.07, 6.45) is 7.77. The first-order chi connectivity index (χ1) is 6.22. The van der Waals surface area contributed by atoms with Gasteiger partial charge in [0.05, 0.1) is 0 Å². The van der Waals surface area contributed by atoms with Gasteiger partial charge in [0, 0.05) is 12.8 Å². The number of hydrogen-bond donors (Lipinski definition) is 0. The topological polar surface area (TPSA) is 17.1 Å². The van der Waals surface area contributed by atoms with E-state index < -0.39 is 0 Å². The summed E-state index contributed by atoms with van der Waals surface area (Å²) in [6, 6.07) is 0. The molecule has 0 saturated carbocycles. The van der Waals surface area contributed by atoms with Gasteiger partial charge in [0.15, 0.2) is 0 Å². The summed E-state index contributed by atoms with van der Waals surface area (Å²) in [7, 11) is 0. The predicted octanol–water partition coefficient (Wildman–Crippen LogP) is 4.13. The number of Topliss-reactive ketones (excluding diaryl/α,β-unsaturated/α-hetero) is 1. The van der Waals surface area contributed by atoms with Crippen LogP contribution in [0.1, 0.15) is 59.3 Å². The molecule has 0 unspecified atom stereocenters. The summed E-state index contributed by atoms with van der Waals surface area (Å²) < 4.78 is 0. The molecular weight excluding hydrogens is 160 g/mol. The first kappa shape index (κ1) is 14.9. The Morgan fingerprint density at radius 1 is 1.15 bits per heavy atom. The highest BCUT2D eigenvalue weighted by Crippen LogP contribution is 2.02. The van der Waals surface area contributed by atoms with E-state index in [1.54, 1.807) is 6.08 Å². The van der Waals surface area contributed by atoms with Gasteiger partial charge in [0.25, 0.3) is 0 Å². The number of carbonyl (C=O) groups is 1. The standard InChI is InChI=1S/C9H18O.C3H6/c1-3-5-7-9(10)8-6-4-2;1-3-2/h3-8H2,1-2H3;3H,1H2,2H3. The van der Waals surface area contributed by atoms with Crippen LogP contribution in [0.25, 0.3) is 0 Å². The summed E-state index contributed by atoms with van der Waals surface area (Å²) in [5.41, 5.74) is 0. The Balaban J connectivity index is 0. The minimum Gasteiger partial charge on any atom is -0.300 e. The van der Waals surface area contributed by atoms with Gasteiger partial charge in [0.2, 0.25) is 0 Å². The monoisotopic (exact) mass is 184 g/mol. The van der Waals surface area contributed by atoms with Crippen molar-refractivity contribution in [3.8, 4) is 0 Å². The number of unbranched alkanes of at least 4 members (excludes halogenated alkanes) is 2. The van der Waals surface area contributed by atoms with Crippen LogP contribution in [-0.4, -0.2) is 5.78 Å². The molecule has 0 fully saturated rings. The predicted molar refractivity (Wildman–Crippen MR) is 59.9 cm³/mol. The van der Waals surface area contributed by atoms with Crippen molar-refractivity contribution in [1.82, 2.24) is 0 Å². The molecule has 0 atom stereocenters. The first-order valence-electron chi connectivity index (χ1n) is 5.31. The van der Waals surface area contributed by atoms with E-state index >= 15 is 0 Å². The Morgan fingerprint density at radius 3 is 1.69 bits per heavy atom. The van der Waals surface area contributed by atoms with Gasteiger partial charge in [-0.25, -0.2) is 0 Å². The van der Waals surface area contributed by atoms with E-state index in [2.05, 4.69) is 20.4 Å². The lowest BCUT2D eigenvalue weighted by atomic mass is 10.1. The second-order valence-corrected chi connectivity index (χ2v) is 3.15. The van der Waals surface area contributed by atoms with Crippen molar-refractivity contribution in [2.45, 2.75) is 59.3 Å². The molecule has 0 bridgehead atoms. The van der Waals surface area contributed by atoms with E-state index in [1.165, 1.54) is 0 Å². The summed E-state index contributed by atoms with van der Waals surface area (Å²) in [5, 5.41) is 0. The number of hydrogen-bond acceptors (Lipinski definition) is 1. The molecule has 0 spiro atoms. The molecule has 0 aromatic carbocycles. The van der Waals surface area contributed by atoms with Crippen molar-refractivity contribution in [3.63, 3.8) is 0 Å². The van der Waals surface area contributed by atoms with Crippen molar-refractivity contribution in [1.29, 1.82) is 0 Å². The quantitative estimate of drug-likeness (QED) is 0.567. The van der Waals surface area contributed by atoms with Gasteiger partial charge in [-0.15, -0.1) is 6.58 Å². The molecule has 0 aliphatic carbocycles. The molecule has 0 saturated heterocycles.